The molecule has 0 bridgehead atoms. The Morgan fingerprint density at radius 1 is 1.19 bits per heavy atom. The van der Waals surface area contributed by atoms with Crippen LogP contribution in [0.2, 0.25) is 0 Å². The second-order valence-electron chi connectivity index (χ2n) is 7.53. The number of carbonyl (C=O) groups is 1. The van der Waals surface area contributed by atoms with Gasteiger partial charge in [-0.1, -0.05) is 25.1 Å². The summed E-state index contributed by atoms with van der Waals surface area (Å²) in [7, 11) is 0. The van der Waals surface area contributed by atoms with Gasteiger partial charge in [-0.25, -0.2) is 4.79 Å². The van der Waals surface area contributed by atoms with Crippen molar-refractivity contribution in [3.05, 3.63) is 75.8 Å². The molecule has 4 aromatic rings. The van der Waals surface area contributed by atoms with Gasteiger partial charge >= 0.3 is 5.63 Å². The molecule has 11 heteroatoms. The number of nitrogens with one attached hydrogen (secondary N) is 2. The van der Waals surface area contributed by atoms with Crippen molar-refractivity contribution in [1.82, 2.24) is 25.3 Å². The molecule has 1 aliphatic carbocycles. The van der Waals surface area contributed by atoms with Crippen LogP contribution in [0.15, 0.2) is 62.8 Å². The smallest absolute Gasteiger partial charge is 0.359 e. The first-order valence-corrected chi connectivity index (χ1v) is 9.98. The summed E-state index contributed by atoms with van der Waals surface area (Å²) in [5, 5.41) is 22.5. The van der Waals surface area contributed by atoms with E-state index in [-0.39, 0.29) is 11.6 Å². The summed E-state index contributed by atoms with van der Waals surface area (Å²) in [4.78, 5) is 25.0. The lowest BCUT2D eigenvalue weighted by atomic mass is 9.87. The van der Waals surface area contributed by atoms with Gasteiger partial charge in [0.1, 0.15) is 11.4 Å². The van der Waals surface area contributed by atoms with Gasteiger partial charge in [0.05, 0.1) is 5.71 Å². The summed E-state index contributed by atoms with van der Waals surface area (Å²) < 4.78 is 6.83. The lowest BCUT2D eigenvalue weighted by molar-refractivity contribution is 0.102. The van der Waals surface area contributed by atoms with Crippen LogP contribution in [0.3, 0.4) is 0 Å². The molecular formula is C21H18N8O3. The molecule has 0 fully saturated rings. The van der Waals surface area contributed by atoms with Crippen molar-refractivity contribution in [3.8, 4) is 0 Å². The van der Waals surface area contributed by atoms with E-state index in [1.807, 2.05) is 6.07 Å². The maximum atomic E-state index is 12.5. The van der Waals surface area contributed by atoms with Crippen LogP contribution in [-0.2, 0) is 6.42 Å². The highest BCUT2D eigenvalue weighted by molar-refractivity contribution is 6.06. The van der Waals surface area contributed by atoms with E-state index in [2.05, 4.69) is 43.4 Å². The summed E-state index contributed by atoms with van der Waals surface area (Å²) >= 11 is 0. The number of carbonyl (C=O) groups excluding carboxylic acids is 1. The van der Waals surface area contributed by atoms with E-state index in [0.717, 1.165) is 0 Å². The van der Waals surface area contributed by atoms with E-state index < -0.39 is 11.5 Å². The maximum Gasteiger partial charge on any atom is 0.359 e. The van der Waals surface area contributed by atoms with Gasteiger partial charge in [-0.15, -0.1) is 14.8 Å². The van der Waals surface area contributed by atoms with E-state index in [1.54, 1.807) is 42.5 Å². The van der Waals surface area contributed by atoms with Crippen LogP contribution in [0, 0.1) is 5.92 Å². The lowest BCUT2D eigenvalue weighted by Crippen LogP contribution is -2.25. The first kappa shape index (κ1) is 19.5. The van der Waals surface area contributed by atoms with Gasteiger partial charge in [-0.05, 0) is 53.1 Å². The predicted molar refractivity (Wildman–Crippen MR) is 116 cm³/mol. The van der Waals surface area contributed by atoms with Gasteiger partial charge in [0.25, 0.3) is 5.91 Å². The molecule has 1 atom stereocenters. The first-order valence-electron chi connectivity index (χ1n) is 9.98. The molecule has 32 heavy (non-hydrogen) atoms. The molecule has 1 aliphatic rings. The molecule has 3 aromatic heterocycles. The van der Waals surface area contributed by atoms with Crippen molar-refractivity contribution >= 4 is 28.8 Å². The number of anilines is 2. The van der Waals surface area contributed by atoms with E-state index in [4.69, 9.17) is 4.42 Å². The van der Waals surface area contributed by atoms with Crippen LogP contribution >= 0.6 is 0 Å². The van der Waals surface area contributed by atoms with Crippen LogP contribution in [0.25, 0.3) is 5.65 Å². The predicted octanol–water partition coefficient (Wildman–Crippen LogP) is 2.12. The highest BCUT2D eigenvalue weighted by Gasteiger charge is 2.25. The number of amides is 1. The average molecular weight is 430 g/mol. The summed E-state index contributed by atoms with van der Waals surface area (Å²) in [6.45, 7) is 2.05. The molecule has 0 saturated carbocycles. The number of hydrogen-bond acceptors (Lipinski definition) is 9. The zero-order valence-electron chi connectivity index (χ0n) is 17.0. The highest BCUT2D eigenvalue weighted by atomic mass is 16.4. The fourth-order valence-electron chi connectivity index (χ4n) is 3.54. The Morgan fingerprint density at radius 3 is 2.88 bits per heavy atom. The second kappa shape index (κ2) is 8.02. The summed E-state index contributed by atoms with van der Waals surface area (Å²) in [6, 6.07) is 13.7. The SMILES string of the molecule is CC1C/C(=N\Nc2ccc3nnnn3n2)c2cc(NC(=O)c3ccccc3)c(=O)oc2C1. The molecule has 3 heterocycles. The summed E-state index contributed by atoms with van der Waals surface area (Å²) in [6.07, 6.45) is 1.26. The minimum absolute atomic E-state index is 0.0630. The zero-order chi connectivity index (χ0) is 22.1. The van der Waals surface area contributed by atoms with Crippen LogP contribution in [0.4, 0.5) is 11.5 Å². The lowest BCUT2D eigenvalue weighted by Gasteiger charge is -2.22. The highest BCUT2D eigenvalue weighted by Crippen LogP contribution is 2.27. The third kappa shape index (κ3) is 3.83. The van der Waals surface area contributed by atoms with Gasteiger partial charge in [0.2, 0.25) is 0 Å². The number of fused-ring (bicyclic) bond motifs is 2. The zero-order valence-corrected chi connectivity index (χ0v) is 17.0. The molecule has 11 nitrogen and oxygen atoms in total. The number of rotatable bonds is 4. The molecule has 0 aliphatic heterocycles. The standard InChI is InChI=1S/C21H18N8O3/c1-12-9-15(23-24-18-7-8-19-25-27-28-29(19)26-18)14-11-16(21(31)32-17(14)10-12)22-20(30)13-5-3-2-4-6-13/h2-8,11-12H,9-10H2,1H3,(H,22,30)(H,24,26)/b23-15+. The Balaban J connectivity index is 1.45. The molecule has 160 valence electrons. The molecule has 1 amide bonds. The van der Waals surface area contributed by atoms with Crippen molar-refractivity contribution in [2.24, 2.45) is 11.0 Å². The largest absolute Gasteiger partial charge is 0.426 e. The van der Waals surface area contributed by atoms with E-state index >= 15 is 0 Å². The van der Waals surface area contributed by atoms with Crippen LogP contribution in [0.5, 0.6) is 0 Å². The van der Waals surface area contributed by atoms with Gasteiger partial charge in [-0.2, -0.15) is 5.10 Å². The van der Waals surface area contributed by atoms with Gasteiger partial charge in [0.15, 0.2) is 11.5 Å². The second-order valence-corrected chi connectivity index (χ2v) is 7.53. The minimum Gasteiger partial charge on any atom is -0.426 e. The molecule has 1 aromatic carbocycles. The van der Waals surface area contributed by atoms with Crippen molar-refractivity contribution in [1.29, 1.82) is 0 Å². The fraction of sp³-hybridized carbons (Fsp3) is 0.190. The normalized spacial score (nSPS) is 16.7. The molecular weight excluding hydrogens is 412 g/mol. The molecule has 0 spiro atoms. The van der Waals surface area contributed by atoms with Gasteiger partial charge < -0.3 is 9.73 Å². The molecule has 0 radical (unpaired) electrons. The maximum absolute atomic E-state index is 12.5. The Bertz CT molecular complexity index is 1390. The van der Waals surface area contributed by atoms with Crippen molar-refractivity contribution < 1.29 is 9.21 Å². The number of hydrazone groups is 1. The Morgan fingerprint density at radius 2 is 2.03 bits per heavy atom. The van der Waals surface area contributed by atoms with E-state index in [9.17, 15) is 9.59 Å². The monoisotopic (exact) mass is 430 g/mol. The van der Waals surface area contributed by atoms with E-state index in [0.29, 0.717) is 46.9 Å². The third-order valence-electron chi connectivity index (χ3n) is 5.07. The first-order chi connectivity index (χ1) is 15.6. The van der Waals surface area contributed by atoms with Gasteiger partial charge in [-0.3, -0.25) is 10.2 Å². The molecule has 1 unspecified atom stereocenters. The molecule has 0 saturated heterocycles. The van der Waals surface area contributed by atoms with Crippen LogP contribution < -0.4 is 16.4 Å². The number of hydrogen-bond donors (Lipinski definition) is 2. The summed E-state index contributed by atoms with van der Waals surface area (Å²) in [5.74, 6) is 0.825. The Hall–Kier alpha value is -4.41. The fourth-order valence-corrected chi connectivity index (χ4v) is 3.54. The molecule has 2 N–H and O–H groups in total. The third-order valence-corrected chi connectivity index (χ3v) is 5.07. The van der Waals surface area contributed by atoms with Crippen molar-refractivity contribution in [2.45, 2.75) is 19.8 Å². The van der Waals surface area contributed by atoms with Crippen LogP contribution in [0.1, 0.15) is 35.0 Å². The number of nitrogens with zero attached hydrogens (tertiary/aromatic N) is 6. The topological polar surface area (TPSA) is 140 Å². The number of aromatic nitrogens is 5. The Labute approximate surface area is 181 Å². The van der Waals surface area contributed by atoms with Crippen molar-refractivity contribution in [3.63, 3.8) is 0 Å². The minimum atomic E-state index is -0.597. The molecule has 5 rings (SSSR count). The van der Waals surface area contributed by atoms with E-state index in [1.165, 1.54) is 4.63 Å². The van der Waals surface area contributed by atoms with Crippen molar-refractivity contribution in [2.75, 3.05) is 10.7 Å². The van der Waals surface area contributed by atoms with Gasteiger partial charge in [0, 0.05) is 17.5 Å². The summed E-state index contributed by atoms with van der Waals surface area (Å²) in [5.41, 5.74) is 4.69. The number of benzene rings is 1. The number of tetrazole rings is 1. The van der Waals surface area contributed by atoms with Crippen LogP contribution in [-0.4, -0.2) is 36.9 Å². The Kier molecular flexibility index (Phi) is 4.90. The quantitative estimate of drug-likeness (QED) is 0.469. The average Bonchev–Trinajstić information content (AvgIpc) is 3.26.